The lowest BCUT2D eigenvalue weighted by Crippen LogP contribution is -2.42. The first-order valence-corrected chi connectivity index (χ1v) is 12.5. The highest BCUT2D eigenvalue weighted by molar-refractivity contribution is 5.98. The molecule has 2 N–H and O–H groups in total. The van der Waals surface area contributed by atoms with E-state index in [4.69, 9.17) is 9.72 Å². The van der Waals surface area contributed by atoms with E-state index in [1.54, 1.807) is 19.2 Å². The van der Waals surface area contributed by atoms with E-state index in [-0.39, 0.29) is 12.5 Å². The summed E-state index contributed by atoms with van der Waals surface area (Å²) in [4.78, 5) is 33.3. The molecule has 1 unspecified atom stereocenters. The summed E-state index contributed by atoms with van der Waals surface area (Å²) in [6, 6.07) is 5.21. The molecule has 0 spiro atoms. The monoisotopic (exact) mass is 465 g/mol. The highest BCUT2D eigenvalue weighted by atomic mass is 16.5. The number of amides is 1. The lowest BCUT2D eigenvalue weighted by Gasteiger charge is -2.35. The molecule has 0 radical (unpaired) electrons. The smallest absolute Gasteiger partial charge is 0.326 e. The number of carbonyl (C=O) groups is 2. The number of rotatable bonds is 10. The van der Waals surface area contributed by atoms with Crippen LogP contribution in [0.5, 0.6) is 0 Å². The van der Waals surface area contributed by atoms with Gasteiger partial charge in [0.25, 0.3) is 5.91 Å². The summed E-state index contributed by atoms with van der Waals surface area (Å²) in [5, 5.41) is 12.2. The molecule has 1 fully saturated rings. The van der Waals surface area contributed by atoms with E-state index >= 15 is 0 Å². The van der Waals surface area contributed by atoms with Gasteiger partial charge in [-0.2, -0.15) is 0 Å². The third-order valence-electron chi connectivity index (χ3n) is 7.18. The Morgan fingerprint density at radius 3 is 2.74 bits per heavy atom. The van der Waals surface area contributed by atoms with Gasteiger partial charge < -0.3 is 15.2 Å². The van der Waals surface area contributed by atoms with Gasteiger partial charge in [-0.25, -0.2) is 4.79 Å². The van der Waals surface area contributed by atoms with E-state index in [9.17, 15) is 14.7 Å². The first kappa shape index (κ1) is 24.3. The van der Waals surface area contributed by atoms with E-state index < -0.39 is 17.9 Å². The fourth-order valence-electron chi connectivity index (χ4n) is 5.04. The fraction of sp³-hybridized carbons (Fsp3) is 0.556. The number of carboxylic acids is 1. The van der Waals surface area contributed by atoms with E-state index in [0.717, 1.165) is 37.7 Å². The number of carboxylic acid groups (broad SMARTS) is 1. The number of nitrogens with one attached hydrogen (secondary N) is 1. The lowest BCUT2D eigenvalue weighted by molar-refractivity contribution is -0.140. The minimum Gasteiger partial charge on any atom is -0.480 e. The Morgan fingerprint density at radius 1 is 1.18 bits per heavy atom. The van der Waals surface area contributed by atoms with Crippen molar-refractivity contribution >= 4 is 11.9 Å². The largest absolute Gasteiger partial charge is 0.480 e. The van der Waals surface area contributed by atoms with Gasteiger partial charge in [0.05, 0.1) is 17.4 Å². The van der Waals surface area contributed by atoms with Gasteiger partial charge in [-0.3, -0.25) is 14.8 Å². The van der Waals surface area contributed by atoms with Crippen LogP contribution < -0.4 is 5.32 Å². The zero-order chi connectivity index (χ0) is 24.1. The van der Waals surface area contributed by atoms with Crippen LogP contribution in [0.2, 0.25) is 0 Å². The normalized spacial score (nSPS) is 20.2. The number of carbonyl (C=O) groups excluding carboxylic acids is 1. The number of ether oxygens (including phenoxy) is 1. The average molecular weight is 466 g/mol. The molecule has 2 aliphatic carbocycles. The summed E-state index contributed by atoms with van der Waals surface area (Å²) in [6.07, 6.45) is 11.0. The van der Waals surface area contributed by atoms with Crippen molar-refractivity contribution in [2.75, 3.05) is 6.61 Å². The third kappa shape index (κ3) is 6.00. The molecular formula is C27H35N3O4. The molecule has 1 amide bonds. The van der Waals surface area contributed by atoms with Crippen molar-refractivity contribution in [3.8, 4) is 0 Å². The molecule has 182 valence electrons. The van der Waals surface area contributed by atoms with Crippen LogP contribution in [-0.2, 0) is 28.8 Å². The van der Waals surface area contributed by atoms with Gasteiger partial charge in [-0.15, -0.1) is 0 Å². The number of pyridine rings is 2. The molecule has 1 saturated carbocycles. The molecule has 2 aliphatic rings. The lowest BCUT2D eigenvalue weighted by atomic mass is 9.79. The van der Waals surface area contributed by atoms with Gasteiger partial charge in [-0.1, -0.05) is 6.07 Å². The van der Waals surface area contributed by atoms with Crippen LogP contribution >= 0.6 is 0 Å². The molecule has 7 heteroatoms. The van der Waals surface area contributed by atoms with E-state index in [1.807, 2.05) is 6.92 Å². The Hall–Kier alpha value is -2.80. The maximum Gasteiger partial charge on any atom is 0.326 e. The van der Waals surface area contributed by atoms with Crippen LogP contribution in [0.15, 0.2) is 24.4 Å². The quantitative estimate of drug-likeness (QED) is 0.551. The summed E-state index contributed by atoms with van der Waals surface area (Å²) in [6.45, 7) is 3.87. The zero-order valence-corrected chi connectivity index (χ0v) is 20.2. The van der Waals surface area contributed by atoms with E-state index in [0.29, 0.717) is 23.8 Å². The number of aromatic nitrogens is 2. The van der Waals surface area contributed by atoms with Crippen molar-refractivity contribution in [3.63, 3.8) is 0 Å². The van der Waals surface area contributed by atoms with Crippen molar-refractivity contribution in [3.05, 3.63) is 58.2 Å². The van der Waals surface area contributed by atoms with E-state index in [1.165, 1.54) is 36.2 Å². The molecule has 2 aromatic rings. The SMILES string of the molecule is Cc1ccnc(C)c1C(=O)NC(CCOC1CC(CCc2ccc3c(n2)CCCC3)C1)C(=O)O. The van der Waals surface area contributed by atoms with Crippen molar-refractivity contribution in [2.24, 2.45) is 5.92 Å². The Balaban J connectivity index is 1.17. The molecule has 0 saturated heterocycles. The predicted molar refractivity (Wildman–Crippen MR) is 129 cm³/mol. The van der Waals surface area contributed by atoms with Gasteiger partial charge in [0.15, 0.2) is 0 Å². The molecule has 7 nitrogen and oxygen atoms in total. The molecule has 1 atom stereocenters. The molecule has 0 aliphatic heterocycles. The summed E-state index contributed by atoms with van der Waals surface area (Å²) in [5.41, 5.74) is 5.72. The molecule has 0 bridgehead atoms. The number of aryl methyl sites for hydroxylation is 5. The average Bonchev–Trinajstić information content (AvgIpc) is 2.78. The first-order chi connectivity index (χ1) is 16.4. The Kier molecular flexibility index (Phi) is 7.93. The maximum absolute atomic E-state index is 12.6. The van der Waals surface area contributed by atoms with Gasteiger partial charge in [0.2, 0.25) is 0 Å². The highest BCUT2D eigenvalue weighted by Crippen LogP contribution is 2.34. The van der Waals surface area contributed by atoms with Gasteiger partial charge >= 0.3 is 5.97 Å². The number of hydrogen-bond acceptors (Lipinski definition) is 5. The first-order valence-electron chi connectivity index (χ1n) is 12.5. The van der Waals surface area contributed by atoms with Crippen molar-refractivity contribution in [1.29, 1.82) is 0 Å². The Bertz CT molecular complexity index is 1010. The Morgan fingerprint density at radius 2 is 1.97 bits per heavy atom. The maximum atomic E-state index is 12.6. The summed E-state index contributed by atoms with van der Waals surface area (Å²) >= 11 is 0. The fourth-order valence-corrected chi connectivity index (χ4v) is 5.04. The second kappa shape index (κ2) is 11.1. The predicted octanol–water partition coefficient (Wildman–Crippen LogP) is 3.97. The van der Waals surface area contributed by atoms with Crippen LogP contribution in [0.1, 0.15) is 77.1 Å². The second-order valence-corrected chi connectivity index (χ2v) is 9.73. The van der Waals surface area contributed by atoms with E-state index in [2.05, 4.69) is 22.4 Å². The van der Waals surface area contributed by atoms with Crippen molar-refractivity contribution in [1.82, 2.24) is 15.3 Å². The topological polar surface area (TPSA) is 101 Å². The summed E-state index contributed by atoms with van der Waals surface area (Å²) < 4.78 is 5.91. The minimum absolute atomic E-state index is 0.175. The van der Waals surface area contributed by atoms with Crippen LogP contribution in [0.3, 0.4) is 0 Å². The van der Waals surface area contributed by atoms with Gasteiger partial charge in [0.1, 0.15) is 6.04 Å². The number of aliphatic carboxylic acids is 1. The summed E-state index contributed by atoms with van der Waals surface area (Å²) in [7, 11) is 0. The molecular weight excluding hydrogens is 430 g/mol. The summed E-state index contributed by atoms with van der Waals surface area (Å²) in [5.74, 6) is -0.829. The Labute approximate surface area is 201 Å². The molecule has 34 heavy (non-hydrogen) atoms. The molecule has 0 aromatic carbocycles. The van der Waals surface area contributed by atoms with Crippen LogP contribution in [0.4, 0.5) is 0 Å². The number of fused-ring (bicyclic) bond motifs is 1. The standard InChI is InChI=1S/C27H35N3O4/c1-17-11-13-28-18(2)25(17)26(31)30-24(27(32)33)12-14-34-22-15-19(16-22)7-9-21-10-8-20-5-3-4-6-23(20)29-21/h8,10-11,13,19,22,24H,3-7,9,12,14-16H2,1-2H3,(H,30,31)(H,32,33). The molecule has 4 rings (SSSR count). The minimum atomic E-state index is -1.06. The molecule has 2 aromatic heterocycles. The van der Waals surface area contributed by atoms with Crippen LogP contribution in [-0.4, -0.2) is 45.7 Å². The number of nitrogens with zero attached hydrogens (tertiary/aromatic N) is 2. The third-order valence-corrected chi connectivity index (χ3v) is 7.18. The van der Waals surface area contributed by atoms with Crippen molar-refractivity contribution in [2.45, 2.75) is 83.8 Å². The number of hydrogen-bond donors (Lipinski definition) is 2. The van der Waals surface area contributed by atoms with Gasteiger partial charge in [-0.05, 0) is 94.4 Å². The van der Waals surface area contributed by atoms with Crippen molar-refractivity contribution < 1.29 is 19.4 Å². The zero-order valence-electron chi connectivity index (χ0n) is 20.2. The van der Waals surface area contributed by atoms with Crippen LogP contribution in [0.25, 0.3) is 0 Å². The second-order valence-electron chi connectivity index (χ2n) is 9.73. The highest BCUT2D eigenvalue weighted by Gasteiger charge is 2.30. The van der Waals surface area contributed by atoms with Crippen LogP contribution in [0, 0.1) is 19.8 Å². The van der Waals surface area contributed by atoms with Gasteiger partial charge in [0, 0.05) is 30.6 Å². The molecule has 2 heterocycles.